The van der Waals surface area contributed by atoms with E-state index in [2.05, 4.69) is 5.32 Å². The van der Waals surface area contributed by atoms with Gasteiger partial charge >= 0.3 is 13.1 Å². The molecule has 18 heavy (non-hydrogen) atoms. The first-order valence-electron chi connectivity index (χ1n) is 5.94. The minimum atomic E-state index is -1.38. The third-order valence-electron chi connectivity index (χ3n) is 2.52. The molecule has 104 valence electrons. The lowest BCUT2D eigenvalue weighted by Gasteiger charge is -2.16. The summed E-state index contributed by atoms with van der Waals surface area (Å²) in [6, 6.07) is -0.630. The van der Waals surface area contributed by atoms with Crippen molar-refractivity contribution in [3.05, 3.63) is 0 Å². The average molecular weight is 260 g/mol. The van der Waals surface area contributed by atoms with Gasteiger partial charge < -0.3 is 26.2 Å². The monoisotopic (exact) mass is 260 g/mol. The number of hydrogen-bond acceptors (Lipinski definition) is 5. The van der Waals surface area contributed by atoms with E-state index >= 15 is 0 Å². The average Bonchev–Trinajstić information content (AvgIpc) is 2.23. The molecule has 0 spiro atoms. The second-order valence-corrected chi connectivity index (χ2v) is 4.41. The number of amides is 1. The molecule has 6 N–H and O–H groups in total. The van der Waals surface area contributed by atoms with E-state index in [9.17, 15) is 9.59 Å². The Labute approximate surface area is 107 Å². The van der Waals surface area contributed by atoms with E-state index in [1.807, 2.05) is 0 Å². The van der Waals surface area contributed by atoms with Crippen LogP contribution in [0.25, 0.3) is 0 Å². The molecular weight excluding hydrogens is 239 g/mol. The summed E-state index contributed by atoms with van der Waals surface area (Å²) in [5.74, 6) is -1.50. The van der Waals surface area contributed by atoms with Gasteiger partial charge in [0.2, 0.25) is 5.91 Å². The second kappa shape index (κ2) is 8.90. The smallest absolute Gasteiger partial charge is 0.451 e. The minimum absolute atomic E-state index is 0.0687. The van der Waals surface area contributed by atoms with Gasteiger partial charge in [0.25, 0.3) is 0 Å². The lowest BCUT2D eigenvalue weighted by Crippen LogP contribution is -2.40. The van der Waals surface area contributed by atoms with Crippen LogP contribution in [0.4, 0.5) is 0 Å². The van der Waals surface area contributed by atoms with E-state index < -0.39 is 19.1 Å². The number of carboxylic acids is 1. The van der Waals surface area contributed by atoms with Crippen molar-refractivity contribution in [2.24, 2.45) is 11.7 Å². The summed E-state index contributed by atoms with van der Waals surface area (Å²) in [4.78, 5) is 21.9. The summed E-state index contributed by atoms with van der Waals surface area (Å²) in [6.07, 6.45) is 1.12. The normalized spacial score (nSPS) is 13.8. The van der Waals surface area contributed by atoms with Crippen LogP contribution in [0.3, 0.4) is 0 Å². The summed E-state index contributed by atoms with van der Waals surface area (Å²) in [5.41, 5.74) is 5.37. The Balaban J connectivity index is 4.06. The first kappa shape index (κ1) is 16.9. The Hall–Kier alpha value is -1.12. The molecule has 0 heterocycles. The van der Waals surface area contributed by atoms with Crippen LogP contribution < -0.4 is 11.1 Å². The van der Waals surface area contributed by atoms with E-state index in [0.717, 1.165) is 0 Å². The van der Waals surface area contributed by atoms with E-state index in [1.165, 1.54) is 0 Å². The minimum Gasteiger partial charge on any atom is -0.481 e. The molecule has 0 bridgehead atoms. The summed E-state index contributed by atoms with van der Waals surface area (Å²) in [5, 5.41) is 28.7. The second-order valence-electron chi connectivity index (χ2n) is 4.41. The quantitative estimate of drug-likeness (QED) is 0.330. The molecular formula is C10H21BN2O5. The Morgan fingerprint density at radius 3 is 2.44 bits per heavy atom. The summed E-state index contributed by atoms with van der Waals surface area (Å²) >= 11 is 0. The van der Waals surface area contributed by atoms with E-state index in [4.69, 9.17) is 20.9 Å². The largest absolute Gasteiger partial charge is 0.481 e. The summed E-state index contributed by atoms with van der Waals surface area (Å²) in [6.45, 7) is 1.78. The van der Waals surface area contributed by atoms with Gasteiger partial charge in [-0.05, 0) is 25.6 Å². The molecule has 0 unspecified atom stereocenters. The molecule has 2 atom stereocenters. The van der Waals surface area contributed by atoms with E-state index in [1.54, 1.807) is 6.92 Å². The zero-order valence-electron chi connectivity index (χ0n) is 10.5. The molecule has 0 aromatic heterocycles. The molecule has 7 nitrogen and oxygen atoms in total. The van der Waals surface area contributed by atoms with Crippen molar-refractivity contribution in [2.75, 3.05) is 6.54 Å². The van der Waals surface area contributed by atoms with Crippen molar-refractivity contribution in [1.29, 1.82) is 0 Å². The number of hydrogen-bond donors (Lipinski definition) is 5. The highest BCUT2D eigenvalue weighted by molar-refractivity contribution is 6.40. The van der Waals surface area contributed by atoms with Crippen LogP contribution in [0.15, 0.2) is 0 Å². The van der Waals surface area contributed by atoms with Crippen molar-refractivity contribution in [1.82, 2.24) is 5.32 Å². The van der Waals surface area contributed by atoms with Crippen molar-refractivity contribution < 1.29 is 24.7 Å². The molecule has 8 heteroatoms. The van der Waals surface area contributed by atoms with Gasteiger partial charge in [-0.3, -0.25) is 9.59 Å². The third-order valence-corrected chi connectivity index (χ3v) is 2.52. The standard InChI is InChI=1S/C10H21BN2O5/c1-7(12)10(16)13-6-8(5-9(14)15)3-2-4-11(17)18/h7-8,17-18H,2-6,12H2,1H3,(H,13,16)(H,14,15)/t7-,8-/m0/s1. The molecule has 0 fully saturated rings. The SMILES string of the molecule is C[C@H](N)C(=O)NC[C@@H](CCCB(O)O)CC(=O)O. The Morgan fingerprint density at radius 1 is 1.39 bits per heavy atom. The fourth-order valence-corrected chi connectivity index (χ4v) is 1.52. The third kappa shape index (κ3) is 8.97. The van der Waals surface area contributed by atoms with Crippen molar-refractivity contribution in [3.63, 3.8) is 0 Å². The molecule has 0 aromatic rings. The number of nitrogens with one attached hydrogen (secondary N) is 1. The Bertz CT molecular complexity index is 273. The lowest BCUT2D eigenvalue weighted by atomic mass is 9.82. The first-order valence-corrected chi connectivity index (χ1v) is 5.94. The number of nitrogens with two attached hydrogens (primary N) is 1. The molecule has 0 radical (unpaired) electrons. The van der Waals surface area contributed by atoms with Crippen LogP contribution in [-0.4, -0.2) is 46.7 Å². The maximum atomic E-state index is 11.3. The van der Waals surface area contributed by atoms with Gasteiger partial charge in [0.15, 0.2) is 0 Å². The number of carbonyl (C=O) groups excluding carboxylic acids is 1. The highest BCUT2D eigenvalue weighted by atomic mass is 16.4. The summed E-state index contributed by atoms with van der Waals surface area (Å²) < 4.78 is 0. The van der Waals surface area contributed by atoms with Crippen LogP contribution in [0.5, 0.6) is 0 Å². The molecule has 0 aliphatic rings. The predicted molar refractivity (Wildman–Crippen MR) is 66.6 cm³/mol. The predicted octanol–water partition coefficient (Wildman–Crippen LogP) is -1.21. The Morgan fingerprint density at radius 2 is 2.00 bits per heavy atom. The molecule has 0 aromatic carbocycles. The number of aliphatic carboxylic acids is 1. The van der Waals surface area contributed by atoms with Gasteiger partial charge in [-0.1, -0.05) is 6.42 Å². The van der Waals surface area contributed by atoms with Gasteiger partial charge in [-0.15, -0.1) is 0 Å². The summed E-state index contributed by atoms with van der Waals surface area (Å²) in [7, 11) is -1.38. The van der Waals surface area contributed by atoms with Crippen molar-refractivity contribution in [3.8, 4) is 0 Å². The van der Waals surface area contributed by atoms with Crippen LogP contribution in [0, 0.1) is 5.92 Å². The van der Waals surface area contributed by atoms with Crippen LogP contribution in [0.2, 0.25) is 6.32 Å². The lowest BCUT2D eigenvalue weighted by molar-refractivity contribution is -0.138. The topological polar surface area (TPSA) is 133 Å². The van der Waals surface area contributed by atoms with Gasteiger partial charge in [-0.2, -0.15) is 0 Å². The van der Waals surface area contributed by atoms with Gasteiger partial charge in [0, 0.05) is 13.0 Å². The van der Waals surface area contributed by atoms with Crippen LogP contribution >= 0.6 is 0 Å². The van der Waals surface area contributed by atoms with Gasteiger partial charge in [0.05, 0.1) is 6.04 Å². The maximum absolute atomic E-state index is 11.3. The number of rotatable bonds is 9. The highest BCUT2D eigenvalue weighted by Crippen LogP contribution is 2.13. The zero-order chi connectivity index (χ0) is 14.1. The van der Waals surface area contributed by atoms with Crippen LogP contribution in [0.1, 0.15) is 26.2 Å². The fraction of sp³-hybridized carbons (Fsp3) is 0.800. The molecule has 0 aliphatic carbocycles. The highest BCUT2D eigenvalue weighted by Gasteiger charge is 2.17. The van der Waals surface area contributed by atoms with Crippen LogP contribution in [-0.2, 0) is 9.59 Å². The Kier molecular flexibility index (Phi) is 8.35. The molecule has 0 aliphatic heterocycles. The maximum Gasteiger partial charge on any atom is 0.451 e. The van der Waals surface area contributed by atoms with Crippen molar-refractivity contribution in [2.45, 2.75) is 38.5 Å². The first-order chi connectivity index (χ1) is 8.32. The van der Waals surface area contributed by atoms with Crippen molar-refractivity contribution >= 4 is 19.0 Å². The molecule has 0 rings (SSSR count). The molecule has 1 amide bonds. The number of carbonyl (C=O) groups is 2. The number of carboxylic acid groups (broad SMARTS) is 1. The van der Waals surface area contributed by atoms with E-state index in [-0.39, 0.29) is 31.1 Å². The molecule has 0 saturated heterocycles. The van der Waals surface area contributed by atoms with E-state index in [0.29, 0.717) is 12.8 Å². The van der Waals surface area contributed by atoms with Gasteiger partial charge in [-0.25, -0.2) is 0 Å². The zero-order valence-corrected chi connectivity index (χ0v) is 10.5. The molecule has 0 saturated carbocycles. The van der Waals surface area contributed by atoms with Gasteiger partial charge in [0.1, 0.15) is 0 Å². The fourth-order valence-electron chi connectivity index (χ4n) is 1.52.